The largest absolute Gasteiger partial charge is 0.497 e. The van der Waals surface area contributed by atoms with E-state index in [9.17, 15) is 13.2 Å². The van der Waals surface area contributed by atoms with Crippen molar-refractivity contribution in [1.29, 1.82) is 0 Å². The van der Waals surface area contributed by atoms with Gasteiger partial charge in [-0.05, 0) is 42.5 Å². The zero-order valence-electron chi connectivity index (χ0n) is 13.6. The number of halogens is 1. The zero-order valence-corrected chi connectivity index (χ0v) is 15.1. The molecule has 0 spiro atoms. The summed E-state index contributed by atoms with van der Waals surface area (Å²) in [5.41, 5.74) is 0.640. The summed E-state index contributed by atoms with van der Waals surface area (Å²) in [6.07, 6.45) is 0. The molecule has 0 atom stereocenters. The first-order valence-corrected chi connectivity index (χ1v) is 8.99. The van der Waals surface area contributed by atoms with Crippen LogP contribution < -0.4 is 19.5 Å². The SMILES string of the molecule is COc1ccc(OC)c(CNC(=O)NS(=O)(=O)c2ccc(Cl)cc2)c1. The third kappa shape index (κ3) is 5.01. The van der Waals surface area contributed by atoms with Crippen LogP contribution in [0.15, 0.2) is 47.4 Å². The van der Waals surface area contributed by atoms with Gasteiger partial charge in [-0.2, -0.15) is 0 Å². The van der Waals surface area contributed by atoms with Gasteiger partial charge in [0.2, 0.25) is 0 Å². The molecule has 2 aromatic rings. The lowest BCUT2D eigenvalue weighted by atomic mass is 10.2. The number of rotatable bonds is 6. The van der Waals surface area contributed by atoms with Crippen molar-refractivity contribution in [3.63, 3.8) is 0 Å². The first kappa shape index (κ1) is 18.9. The Hall–Kier alpha value is -2.45. The van der Waals surface area contributed by atoms with Crippen molar-refractivity contribution in [1.82, 2.24) is 10.0 Å². The van der Waals surface area contributed by atoms with Gasteiger partial charge in [0.05, 0.1) is 19.1 Å². The van der Waals surface area contributed by atoms with E-state index in [1.54, 1.807) is 18.2 Å². The van der Waals surface area contributed by atoms with Crippen molar-refractivity contribution in [2.24, 2.45) is 0 Å². The van der Waals surface area contributed by atoms with E-state index >= 15 is 0 Å². The predicted molar refractivity (Wildman–Crippen MR) is 93.6 cm³/mol. The van der Waals surface area contributed by atoms with Crippen LogP contribution in [-0.2, 0) is 16.6 Å². The molecule has 134 valence electrons. The molecule has 0 aliphatic carbocycles. The highest BCUT2D eigenvalue weighted by atomic mass is 35.5. The highest BCUT2D eigenvalue weighted by molar-refractivity contribution is 7.90. The molecule has 2 amide bonds. The Morgan fingerprint density at radius 1 is 1.08 bits per heavy atom. The third-order valence-corrected chi connectivity index (χ3v) is 4.88. The van der Waals surface area contributed by atoms with Crippen molar-refractivity contribution in [3.05, 3.63) is 53.1 Å². The lowest BCUT2D eigenvalue weighted by Crippen LogP contribution is -2.39. The van der Waals surface area contributed by atoms with E-state index in [1.807, 2.05) is 4.72 Å². The maximum absolute atomic E-state index is 12.1. The van der Waals surface area contributed by atoms with E-state index < -0.39 is 16.1 Å². The molecule has 0 fully saturated rings. The van der Waals surface area contributed by atoms with Crippen molar-refractivity contribution in [2.45, 2.75) is 11.4 Å². The predicted octanol–water partition coefficient (Wildman–Crippen LogP) is 2.55. The van der Waals surface area contributed by atoms with Crippen LogP contribution >= 0.6 is 11.6 Å². The van der Waals surface area contributed by atoms with Gasteiger partial charge in [0, 0.05) is 17.1 Å². The number of benzene rings is 2. The maximum Gasteiger partial charge on any atom is 0.328 e. The minimum atomic E-state index is -3.99. The standard InChI is InChI=1S/C16H17ClN2O5S/c1-23-13-5-8-15(24-2)11(9-13)10-18-16(20)19-25(21,22)14-6-3-12(17)4-7-14/h3-9H,10H2,1-2H3,(H2,18,19,20). The Balaban J connectivity index is 2.04. The van der Waals surface area contributed by atoms with Crippen molar-refractivity contribution < 1.29 is 22.7 Å². The molecule has 0 heterocycles. The van der Waals surface area contributed by atoms with E-state index in [0.717, 1.165) is 0 Å². The van der Waals surface area contributed by atoms with Crippen LogP contribution in [-0.4, -0.2) is 28.7 Å². The fraction of sp³-hybridized carbons (Fsp3) is 0.188. The highest BCUT2D eigenvalue weighted by Gasteiger charge is 2.17. The normalized spacial score (nSPS) is 10.8. The van der Waals surface area contributed by atoms with E-state index in [2.05, 4.69) is 5.32 Å². The minimum absolute atomic E-state index is 0.0579. The second-order valence-corrected chi connectivity index (χ2v) is 7.04. The first-order valence-electron chi connectivity index (χ1n) is 7.13. The summed E-state index contributed by atoms with van der Waals surface area (Å²) < 4.78 is 36.5. The van der Waals surface area contributed by atoms with Gasteiger partial charge in [0.1, 0.15) is 11.5 Å². The molecule has 25 heavy (non-hydrogen) atoms. The second kappa shape index (κ2) is 8.09. The van der Waals surface area contributed by atoms with Crippen LogP contribution in [0.4, 0.5) is 4.79 Å². The third-order valence-electron chi connectivity index (χ3n) is 3.28. The van der Waals surface area contributed by atoms with Crippen LogP contribution in [0.3, 0.4) is 0 Å². The monoisotopic (exact) mass is 384 g/mol. The molecule has 7 nitrogen and oxygen atoms in total. The molecule has 2 rings (SSSR count). The summed E-state index contributed by atoms with van der Waals surface area (Å²) in [7, 11) is -0.971. The summed E-state index contributed by atoms with van der Waals surface area (Å²) in [6, 6.07) is 9.70. The summed E-state index contributed by atoms with van der Waals surface area (Å²) in [5, 5.41) is 2.87. The second-order valence-electron chi connectivity index (χ2n) is 4.92. The zero-order chi connectivity index (χ0) is 18.4. The first-order chi connectivity index (χ1) is 11.9. The Kier molecular flexibility index (Phi) is 6.11. The fourth-order valence-corrected chi connectivity index (χ4v) is 3.08. The van der Waals surface area contributed by atoms with Gasteiger partial charge < -0.3 is 14.8 Å². The summed E-state index contributed by atoms with van der Waals surface area (Å²) in [4.78, 5) is 11.9. The number of carbonyl (C=O) groups excluding carboxylic acids is 1. The molecular weight excluding hydrogens is 368 g/mol. The number of ether oxygens (including phenoxy) is 2. The maximum atomic E-state index is 12.1. The Morgan fingerprint density at radius 2 is 1.76 bits per heavy atom. The molecule has 0 unspecified atom stereocenters. The van der Waals surface area contributed by atoms with Gasteiger partial charge in [-0.3, -0.25) is 0 Å². The number of urea groups is 1. The topological polar surface area (TPSA) is 93.7 Å². The average molecular weight is 385 g/mol. The Morgan fingerprint density at radius 3 is 2.36 bits per heavy atom. The quantitative estimate of drug-likeness (QED) is 0.798. The summed E-state index contributed by atoms with van der Waals surface area (Å²) in [5.74, 6) is 1.13. The van der Waals surface area contributed by atoms with Crippen LogP contribution in [0.5, 0.6) is 11.5 Å². The molecule has 0 bridgehead atoms. The number of nitrogens with one attached hydrogen (secondary N) is 2. The highest BCUT2D eigenvalue weighted by Crippen LogP contribution is 2.23. The fourth-order valence-electron chi connectivity index (χ4n) is 2.03. The van der Waals surface area contributed by atoms with Gasteiger partial charge in [-0.1, -0.05) is 11.6 Å². The van der Waals surface area contributed by atoms with Gasteiger partial charge in [-0.15, -0.1) is 0 Å². The number of carbonyl (C=O) groups is 1. The van der Waals surface area contributed by atoms with Crippen molar-refractivity contribution in [3.8, 4) is 11.5 Å². The lowest BCUT2D eigenvalue weighted by Gasteiger charge is -2.12. The minimum Gasteiger partial charge on any atom is -0.497 e. The average Bonchev–Trinajstić information content (AvgIpc) is 2.59. The number of hydrogen-bond acceptors (Lipinski definition) is 5. The van der Waals surface area contributed by atoms with E-state index in [4.69, 9.17) is 21.1 Å². The number of sulfonamides is 1. The van der Waals surface area contributed by atoms with Gasteiger partial charge >= 0.3 is 6.03 Å². The number of methoxy groups -OCH3 is 2. The molecule has 0 radical (unpaired) electrons. The molecule has 0 saturated heterocycles. The Labute approximate surface area is 151 Å². The molecular formula is C16H17ClN2O5S. The van der Waals surface area contributed by atoms with Crippen molar-refractivity contribution in [2.75, 3.05) is 14.2 Å². The Bertz CT molecular complexity index is 853. The lowest BCUT2D eigenvalue weighted by molar-refractivity contribution is 0.245. The number of amides is 2. The molecule has 0 aliphatic heterocycles. The van der Waals surface area contributed by atoms with Gasteiger partial charge in [0.15, 0.2) is 0 Å². The van der Waals surface area contributed by atoms with E-state index in [1.165, 1.54) is 38.5 Å². The molecule has 2 N–H and O–H groups in total. The van der Waals surface area contributed by atoms with Crippen LogP contribution in [0.2, 0.25) is 5.02 Å². The summed E-state index contributed by atoms with van der Waals surface area (Å²) in [6.45, 7) is 0.0579. The molecule has 2 aromatic carbocycles. The van der Waals surface area contributed by atoms with Crippen LogP contribution in [0.25, 0.3) is 0 Å². The van der Waals surface area contributed by atoms with Gasteiger partial charge in [0.25, 0.3) is 10.0 Å². The molecule has 0 saturated carbocycles. The number of hydrogen-bond donors (Lipinski definition) is 2. The van der Waals surface area contributed by atoms with E-state index in [-0.39, 0.29) is 11.4 Å². The molecule has 0 aliphatic rings. The van der Waals surface area contributed by atoms with Gasteiger partial charge in [-0.25, -0.2) is 17.9 Å². The van der Waals surface area contributed by atoms with Crippen molar-refractivity contribution >= 4 is 27.7 Å². The van der Waals surface area contributed by atoms with Crippen LogP contribution in [0.1, 0.15) is 5.56 Å². The molecule has 0 aromatic heterocycles. The molecule has 9 heteroatoms. The summed E-state index contributed by atoms with van der Waals surface area (Å²) >= 11 is 5.72. The smallest absolute Gasteiger partial charge is 0.328 e. The van der Waals surface area contributed by atoms with Crippen LogP contribution in [0, 0.1) is 0 Å². The van der Waals surface area contributed by atoms with E-state index in [0.29, 0.717) is 22.1 Å².